The van der Waals surface area contributed by atoms with Crippen molar-refractivity contribution in [1.82, 2.24) is 9.21 Å². The van der Waals surface area contributed by atoms with Crippen molar-refractivity contribution in [2.24, 2.45) is 17.6 Å². The first-order valence-corrected chi connectivity index (χ1v) is 12.0. The van der Waals surface area contributed by atoms with Gasteiger partial charge < -0.3 is 15.4 Å². The van der Waals surface area contributed by atoms with Crippen LogP contribution in [0.15, 0.2) is 23.1 Å². The van der Waals surface area contributed by atoms with E-state index in [1.807, 2.05) is 13.8 Å². The van der Waals surface area contributed by atoms with Crippen LogP contribution in [0.4, 0.5) is 0 Å². The number of hydrogen-bond acceptors (Lipinski definition) is 5. The van der Waals surface area contributed by atoms with Gasteiger partial charge in [0.05, 0.1) is 17.4 Å². The maximum Gasteiger partial charge on any atom is 0.243 e. The fourth-order valence-corrected chi connectivity index (χ4v) is 5.86. The molecule has 0 spiro atoms. The van der Waals surface area contributed by atoms with Gasteiger partial charge in [0, 0.05) is 32.1 Å². The number of piperidine rings is 2. The van der Waals surface area contributed by atoms with Gasteiger partial charge in [-0.2, -0.15) is 4.31 Å². The van der Waals surface area contributed by atoms with Crippen molar-refractivity contribution in [2.75, 3.05) is 32.8 Å². The number of hydrogen-bond donors (Lipinski definition) is 1. The van der Waals surface area contributed by atoms with Gasteiger partial charge in [0.2, 0.25) is 21.8 Å². The Morgan fingerprint density at radius 2 is 1.83 bits per heavy atom. The van der Waals surface area contributed by atoms with Gasteiger partial charge in [-0.25, -0.2) is 8.42 Å². The van der Waals surface area contributed by atoms with Crippen LogP contribution in [0, 0.1) is 18.8 Å². The molecule has 0 unspecified atom stereocenters. The standard InChI is InChI=1S/C21H31N3O5S/c1-3-29-19-7-6-18(13-15(19)2)30(27,28)24-10-4-5-17(14-24)21(26)23-11-8-16(9-12-23)20(22)25/h6-7,13,16-17H,3-5,8-12,14H2,1-2H3,(H2,22,25)/t17-/m0/s1. The van der Waals surface area contributed by atoms with Crippen LogP contribution in [0.2, 0.25) is 0 Å². The molecular weight excluding hydrogens is 406 g/mol. The van der Waals surface area contributed by atoms with E-state index in [9.17, 15) is 18.0 Å². The van der Waals surface area contributed by atoms with E-state index in [0.717, 1.165) is 5.56 Å². The molecule has 0 aliphatic carbocycles. The fourth-order valence-electron chi connectivity index (χ4n) is 4.25. The fraction of sp³-hybridized carbons (Fsp3) is 0.619. The second kappa shape index (κ2) is 9.34. The number of carbonyl (C=O) groups is 2. The van der Waals surface area contributed by atoms with Crippen molar-refractivity contribution in [3.05, 3.63) is 23.8 Å². The summed E-state index contributed by atoms with van der Waals surface area (Å²) in [6.45, 7) is 5.79. The molecule has 2 amide bonds. The lowest BCUT2D eigenvalue weighted by Crippen LogP contribution is -2.49. The Balaban J connectivity index is 1.68. The van der Waals surface area contributed by atoms with E-state index in [1.165, 1.54) is 4.31 Å². The maximum absolute atomic E-state index is 13.2. The van der Waals surface area contributed by atoms with Crippen molar-refractivity contribution >= 4 is 21.8 Å². The highest BCUT2D eigenvalue weighted by Gasteiger charge is 2.36. The molecule has 1 aromatic carbocycles. The Bertz CT molecular complexity index is 894. The van der Waals surface area contributed by atoms with Crippen LogP contribution in [0.5, 0.6) is 5.75 Å². The molecule has 2 N–H and O–H groups in total. The van der Waals surface area contributed by atoms with E-state index >= 15 is 0 Å². The highest BCUT2D eigenvalue weighted by molar-refractivity contribution is 7.89. The summed E-state index contributed by atoms with van der Waals surface area (Å²) in [5, 5.41) is 0. The summed E-state index contributed by atoms with van der Waals surface area (Å²) >= 11 is 0. The summed E-state index contributed by atoms with van der Waals surface area (Å²) in [4.78, 5) is 26.3. The predicted octanol–water partition coefficient (Wildman–Crippen LogP) is 1.52. The largest absolute Gasteiger partial charge is 0.494 e. The number of sulfonamides is 1. The summed E-state index contributed by atoms with van der Waals surface area (Å²) in [6.07, 6.45) is 2.45. The number of likely N-dealkylation sites (tertiary alicyclic amines) is 1. The van der Waals surface area contributed by atoms with Gasteiger partial charge in [-0.15, -0.1) is 0 Å². The molecule has 0 radical (unpaired) electrons. The molecule has 8 nitrogen and oxygen atoms in total. The van der Waals surface area contributed by atoms with Gasteiger partial charge in [0.25, 0.3) is 0 Å². The van der Waals surface area contributed by atoms with Gasteiger partial charge in [-0.05, 0) is 63.3 Å². The maximum atomic E-state index is 13.2. The van der Waals surface area contributed by atoms with E-state index in [2.05, 4.69) is 0 Å². The minimum atomic E-state index is -3.69. The van der Waals surface area contributed by atoms with Crippen LogP contribution < -0.4 is 10.5 Å². The molecule has 9 heteroatoms. The van der Waals surface area contributed by atoms with Gasteiger partial charge in [0.15, 0.2) is 0 Å². The summed E-state index contributed by atoms with van der Waals surface area (Å²) in [5.41, 5.74) is 6.13. The molecule has 0 bridgehead atoms. The molecule has 2 heterocycles. The van der Waals surface area contributed by atoms with Crippen molar-refractivity contribution < 1.29 is 22.7 Å². The zero-order valence-corrected chi connectivity index (χ0v) is 18.5. The highest BCUT2D eigenvalue weighted by Crippen LogP contribution is 2.29. The molecule has 1 aromatic rings. The summed E-state index contributed by atoms with van der Waals surface area (Å²) in [7, 11) is -3.69. The van der Waals surface area contributed by atoms with Crippen LogP contribution in [0.25, 0.3) is 0 Å². The molecule has 2 saturated heterocycles. The second-order valence-corrected chi connectivity index (χ2v) is 10.0. The average Bonchev–Trinajstić information content (AvgIpc) is 2.75. The highest BCUT2D eigenvalue weighted by atomic mass is 32.2. The third kappa shape index (κ3) is 4.78. The van der Waals surface area contributed by atoms with Crippen molar-refractivity contribution in [3.63, 3.8) is 0 Å². The molecule has 2 fully saturated rings. The number of primary amides is 1. The molecule has 166 valence electrons. The number of rotatable bonds is 6. The molecular formula is C21H31N3O5S. The smallest absolute Gasteiger partial charge is 0.243 e. The summed E-state index contributed by atoms with van der Waals surface area (Å²) in [6, 6.07) is 4.87. The molecule has 2 aliphatic rings. The number of amides is 2. The number of carbonyl (C=O) groups excluding carboxylic acids is 2. The first kappa shape index (κ1) is 22.6. The first-order chi connectivity index (χ1) is 14.2. The third-order valence-electron chi connectivity index (χ3n) is 6.03. The number of nitrogens with two attached hydrogens (primary N) is 1. The van der Waals surface area contributed by atoms with E-state index in [4.69, 9.17) is 10.5 Å². The summed E-state index contributed by atoms with van der Waals surface area (Å²) in [5.74, 6) is -0.214. The van der Waals surface area contributed by atoms with Crippen LogP contribution in [0.3, 0.4) is 0 Å². The molecule has 0 saturated carbocycles. The van der Waals surface area contributed by atoms with E-state index in [0.29, 0.717) is 57.7 Å². The monoisotopic (exact) mass is 437 g/mol. The van der Waals surface area contributed by atoms with Gasteiger partial charge >= 0.3 is 0 Å². The zero-order valence-electron chi connectivity index (χ0n) is 17.7. The van der Waals surface area contributed by atoms with E-state index in [1.54, 1.807) is 23.1 Å². The second-order valence-electron chi connectivity index (χ2n) is 8.06. The minimum absolute atomic E-state index is 0.0271. The molecule has 1 atom stereocenters. The topological polar surface area (TPSA) is 110 Å². The van der Waals surface area contributed by atoms with Crippen molar-refractivity contribution in [3.8, 4) is 5.75 Å². The zero-order chi connectivity index (χ0) is 21.9. The lowest BCUT2D eigenvalue weighted by Gasteiger charge is -2.37. The Morgan fingerprint density at radius 3 is 2.43 bits per heavy atom. The molecule has 0 aromatic heterocycles. The Kier molecular flexibility index (Phi) is 7.02. The molecule has 2 aliphatic heterocycles. The Labute approximate surface area is 178 Å². The lowest BCUT2D eigenvalue weighted by atomic mass is 9.93. The normalized spacial score (nSPS) is 21.4. The number of benzene rings is 1. The predicted molar refractivity (Wildman–Crippen MR) is 112 cm³/mol. The van der Waals surface area contributed by atoms with Crippen LogP contribution in [-0.4, -0.2) is 62.2 Å². The van der Waals surface area contributed by atoms with E-state index < -0.39 is 10.0 Å². The number of ether oxygens (including phenoxy) is 1. The minimum Gasteiger partial charge on any atom is -0.494 e. The van der Waals surface area contributed by atoms with Crippen LogP contribution >= 0.6 is 0 Å². The number of aryl methyl sites for hydroxylation is 1. The van der Waals surface area contributed by atoms with Gasteiger partial charge in [-0.1, -0.05) is 0 Å². The summed E-state index contributed by atoms with van der Waals surface area (Å²) < 4.78 is 33.3. The molecule has 30 heavy (non-hydrogen) atoms. The lowest BCUT2D eigenvalue weighted by molar-refractivity contribution is -0.139. The average molecular weight is 438 g/mol. The SMILES string of the molecule is CCOc1ccc(S(=O)(=O)N2CCC[C@H](C(=O)N3CCC(C(N)=O)CC3)C2)cc1C. The number of nitrogens with zero attached hydrogens (tertiary/aromatic N) is 2. The van der Waals surface area contributed by atoms with Crippen molar-refractivity contribution in [1.29, 1.82) is 0 Å². The Morgan fingerprint density at radius 1 is 1.13 bits per heavy atom. The molecule has 3 rings (SSSR count). The first-order valence-electron chi connectivity index (χ1n) is 10.6. The van der Waals surface area contributed by atoms with Crippen LogP contribution in [0.1, 0.15) is 38.2 Å². The van der Waals surface area contributed by atoms with Crippen LogP contribution in [-0.2, 0) is 19.6 Å². The Hall–Kier alpha value is -2.13. The quantitative estimate of drug-likeness (QED) is 0.726. The van der Waals surface area contributed by atoms with Gasteiger partial charge in [0.1, 0.15) is 5.75 Å². The van der Waals surface area contributed by atoms with Gasteiger partial charge in [-0.3, -0.25) is 9.59 Å². The third-order valence-corrected chi connectivity index (χ3v) is 7.89. The van der Waals surface area contributed by atoms with E-state index in [-0.39, 0.29) is 35.1 Å². The van der Waals surface area contributed by atoms with Crippen molar-refractivity contribution in [2.45, 2.75) is 44.4 Å².